The number of hydrogen-bond acceptors (Lipinski definition) is 15. The molecule has 0 aromatic rings. The number of carbonyl (C=O) groups excluding carboxylic acids is 4. The first-order chi connectivity index (χ1) is 49.9. The third-order valence-corrected chi connectivity index (χ3v) is 21.6. The van der Waals surface area contributed by atoms with E-state index in [1.165, 1.54) is 250 Å². The van der Waals surface area contributed by atoms with Crippen LogP contribution in [0.1, 0.15) is 446 Å². The lowest BCUT2D eigenvalue weighted by atomic mass is 10.0. The molecule has 0 spiro atoms. The zero-order valence-corrected chi connectivity index (χ0v) is 69.4. The number of esters is 4. The van der Waals surface area contributed by atoms with Crippen molar-refractivity contribution in [3.8, 4) is 0 Å². The lowest BCUT2D eigenvalue weighted by Crippen LogP contribution is -2.30. The Labute approximate surface area is 632 Å². The van der Waals surface area contributed by atoms with Gasteiger partial charge in [0.05, 0.1) is 26.4 Å². The van der Waals surface area contributed by atoms with E-state index in [-0.39, 0.29) is 25.7 Å². The molecule has 19 heteroatoms. The molecule has 0 aliphatic carbocycles. The Balaban J connectivity index is 5.17. The van der Waals surface area contributed by atoms with Crippen LogP contribution in [0.15, 0.2) is 0 Å². The van der Waals surface area contributed by atoms with Gasteiger partial charge in [-0.15, -0.1) is 0 Å². The van der Waals surface area contributed by atoms with E-state index in [9.17, 15) is 43.2 Å². The van der Waals surface area contributed by atoms with Gasteiger partial charge in [-0.2, -0.15) is 0 Å². The number of aliphatic hydroxyl groups is 1. The second-order valence-corrected chi connectivity index (χ2v) is 34.1. The third kappa shape index (κ3) is 78.0. The monoisotopic (exact) mass is 1510 g/mol. The van der Waals surface area contributed by atoms with Gasteiger partial charge in [0.1, 0.15) is 19.3 Å². The van der Waals surface area contributed by atoms with Gasteiger partial charge < -0.3 is 33.8 Å². The number of carbonyl (C=O) groups is 4. The molecule has 3 N–H and O–H groups in total. The van der Waals surface area contributed by atoms with Crippen LogP contribution in [0.3, 0.4) is 0 Å². The fourth-order valence-corrected chi connectivity index (χ4v) is 14.6. The Hall–Kier alpha value is -1.94. The molecule has 0 fully saturated rings. The van der Waals surface area contributed by atoms with Crippen LogP contribution < -0.4 is 0 Å². The highest BCUT2D eigenvalue weighted by Gasteiger charge is 2.30. The molecule has 103 heavy (non-hydrogen) atoms. The van der Waals surface area contributed by atoms with Gasteiger partial charge in [-0.05, 0) is 37.5 Å². The van der Waals surface area contributed by atoms with Crippen molar-refractivity contribution in [1.82, 2.24) is 0 Å². The van der Waals surface area contributed by atoms with Crippen molar-refractivity contribution in [2.45, 2.75) is 464 Å². The Morgan fingerprint density at radius 2 is 0.447 bits per heavy atom. The topological polar surface area (TPSA) is 237 Å². The molecule has 0 saturated heterocycles. The number of unbranched alkanes of at least 4 members (excludes halogenated alkanes) is 53. The van der Waals surface area contributed by atoms with Crippen molar-refractivity contribution in [1.29, 1.82) is 0 Å². The molecule has 612 valence electrons. The van der Waals surface area contributed by atoms with Crippen molar-refractivity contribution < 1.29 is 80.2 Å². The molecule has 0 bridgehead atoms. The van der Waals surface area contributed by atoms with E-state index >= 15 is 0 Å². The number of phosphoric acid groups is 2. The fourth-order valence-electron chi connectivity index (χ4n) is 13.1. The molecule has 0 amide bonds. The summed E-state index contributed by atoms with van der Waals surface area (Å²) in [6, 6.07) is 0. The Bertz CT molecular complexity index is 1980. The van der Waals surface area contributed by atoms with Gasteiger partial charge in [-0.25, -0.2) is 9.13 Å². The van der Waals surface area contributed by atoms with E-state index < -0.39 is 97.5 Å². The summed E-state index contributed by atoms with van der Waals surface area (Å²) in [6.45, 7) is 9.69. The van der Waals surface area contributed by atoms with E-state index in [2.05, 4.69) is 41.5 Å². The molecule has 0 aliphatic rings. The quantitative estimate of drug-likeness (QED) is 0.0222. The third-order valence-electron chi connectivity index (χ3n) is 19.7. The molecule has 0 rings (SSSR count). The van der Waals surface area contributed by atoms with Gasteiger partial charge in [0.15, 0.2) is 12.2 Å². The second kappa shape index (κ2) is 75.5. The molecule has 5 atom stereocenters. The van der Waals surface area contributed by atoms with Gasteiger partial charge in [0.2, 0.25) is 0 Å². The van der Waals surface area contributed by atoms with Crippen molar-refractivity contribution in [2.75, 3.05) is 39.6 Å². The molecule has 17 nitrogen and oxygen atoms in total. The summed E-state index contributed by atoms with van der Waals surface area (Å²) < 4.78 is 68.7. The first-order valence-electron chi connectivity index (χ1n) is 43.5. The molecular weight excluding hydrogens is 1340 g/mol. The van der Waals surface area contributed by atoms with Crippen LogP contribution in [-0.4, -0.2) is 96.7 Å². The van der Waals surface area contributed by atoms with Crippen LogP contribution >= 0.6 is 15.6 Å². The summed E-state index contributed by atoms with van der Waals surface area (Å²) >= 11 is 0. The maximum atomic E-state index is 13.1. The highest BCUT2D eigenvalue weighted by atomic mass is 31.2. The lowest BCUT2D eigenvalue weighted by Gasteiger charge is -2.21. The van der Waals surface area contributed by atoms with Gasteiger partial charge in [0.25, 0.3) is 0 Å². The van der Waals surface area contributed by atoms with Crippen molar-refractivity contribution in [3.63, 3.8) is 0 Å². The predicted molar refractivity (Wildman–Crippen MR) is 423 cm³/mol. The van der Waals surface area contributed by atoms with Crippen molar-refractivity contribution >= 4 is 39.5 Å². The molecular formula is C84H164O17P2. The van der Waals surface area contributed by atoms with Crippen LogP contribution in [-0.2, 0) is 65.4 Å². The maximum absolute atomic E-state index is 13.1. The highest BCUT2D eigenvalue weighted by molar-refractivity contribution is 7.47. The van der Waals surface area contributed by atoms with Crippen LogP contribution in [0.5, 0.6) is 0 Å². The molecule has 0 saturated carbocycles. The zero-order chi connectivity index (χ0) is 75.6. The highest BCUT2D eigenvalue weighted by Crippen LogP contribution is 2.45. The number of phosphoric ester groups is 2. The van der Waals surface area contributed by atoms with Crippen LogP contribution in [0.4, 0.5) is 0 Å². The Kier molecular flexibility index (Phi) is 74.1. The summed E-state index contributed by atoms with van der Waals surface area (Å²) in [5.74, 6) is -0.476. The van der Waals surface area contributed by atoms with Crippen molar-refractivity contribution in [2.24, 2.45) is 11.8 Å². The van der Waals surface area contributed by atoms with Crippen molar-refractivity contribution in [3.05, 3.63) is 0 Å². The zero-order valence-electron chi connectivity index (χ0n) is 67.6. The molecule has 0 aromatic heterocycles. The fraction of sp³-hybridized carbons (Fsp3) is 0.952. The minimum Gasteiger partial charge on any atom is -0.462 e. The first-order valence-corrected chi connectivity index (χ1v) is 46.5. The standard InChI is InChI=1S/C84H164O17P2/c1-7-9-11-13-15-16-17-18-19-28-34-39-44-50-56-62-68-83(88)100-79(72-94-81(86)66-60-54-46-14-12-10-8-2)74-98-102(90,91)96-70-78(85)71-97-103(92,93)99-75-80(73-95-82(87)67-61-55-49-43-38-33-29-25-24-27-32-37-42-48-53-59-65-77(5)6)101-84(89)69-63-57-51-45-40-35-30-23-21-20-22-26-31-36-41-47-52-58-64-76(3)4/h76-80,85H,7-75H2,1-6H3,(H,90,91)(H,92,93)/t78-,79+,80+/m0/s1. The lowest BCUT2D eigenvalue weighted by molar-refractivity contribution is -0.161. The normalized spacial score (nSPS) is 13.9. The van der Waals surface area contributed by atoms with Gasteiger partial charge in [0, 0.05) is 25.7 Å². The average Bonchev–Trinajstić information content (AvgIpc) is 0.922. The van der Waals surface area contributed by atoms with E-state index in [1.807, 2.05) is 0 Å². The minimum atomic E-state index is -4.96. The summed E-state index contributed by atoms with van der Waals surface area (Å²) in [7, 11) is -9.92. The van der Waals surface area contributed by atoms with Crippen LogP contribution in [0.25, 0.3) is 0 Å². The SMILES string of the molecule is CCCCCCCCCCCCCCCCCCC(=O)O[C@H](COC(=O)CCCCCCCCC)COP(=O)(O)OC[C@H](O)COP(=O)(O)OC[C@@H](COC(=O)CCCCCCCCCCCCCCCCCCC(C)C)OC(=O)CCCCCCCCCCCCCCCCCCCCC(C)C. The van der Waals surface area contributed by atoms with Gasteiger partial charge in [-0.1, -0.05) is 395 Å². The summed E-state index contributed by atoms with van der Waals surface area (Å²) in [5.41, 5.74) is 0. The first kappa shape index (κ1) is 101. The van der Waals surface area contributed by atoms with E-state index in [0.717, 1.165) is 115 Å². The van der Waals surface area contributed by atoms with Crippen LogP contribution in [0, 0.1) is 11.8 Å². The average molecular weight is 1510 g/mol. The predicted octanol–water partition coefficient (Wildman–Crippen LogP) is 25.5. The Morgan fingerprint density at radius 1 is 0.262 bits per heavy atom. The van der Waals surface area contributed by atoms with E-state index in [1.54, 1.807) is 0 Å². The summed E-state index contributed by atoms with van der Waals surface area (Å²) in [6.07, 6.45) is 66.8. The van der Waals surface area contributed by atoms with Gasteiger partial charge >= 0.3 is 39.5 Å². The molecule has 0 aromatic carbocycles. The maximum Gasteiger partial charge on any atom is 0.472 e. The minimum absolute atomic E-state index is 0.108. The molecule has 0 radical (unpaired) electrons. The number of hydrogen-bond donors (Lipinski definition) is 3. The molecule has 0 aliphatic heterocycles. The van der Waals surface area contributed by atoms with E-state index in [4.69, 9.17) is 37.0 Å². The number of ether oxygens (including phenoxy) is 4. The summed E-state index contributed by atoms with van der Waals surface area (Å²) in [4.78, 5) is 73.0. The smallest absolute Gasteiger partial charge is 0.462 e. The van der Waals surface area contributed by atoms with E-state index in [0.29, 0.717) is 25.7 Å². The number of aliphatic hydroxyl groups excluding tert-OH is 1. The molecule has 0 heterocycles. The second-order valence-electron chi connectivity index (χ2n) is 31.2. The van der Waals surface area contributed by atoms with Crippen LogP contribution in [0.2, 0.25) is 0 Å². The molecule has 2 unspecified atom stereocenters. The summed E-state index contributed by atoms with van der Waals surface area (Å²) in [5, 5.41) is 10.6. The van der Waals surface area contributed by atoms with Gasteiger partial charge in [-0.3, -0.25) is 37.3 Å². The Morgan fingerprint density at radius 3 is 0.660 bits per heavy atom. The largest absolute Gasteiger partial charge is 0.472 e. The number of rotatable bonds is 83.